The van der Waals surface area contributed by atoms with Crippen molar-refractivity contribution in [2.75, 3.05) is 59.4 Å². The van der Waals surface area contributed by atoms with Crippen LogP contribution in [0, 0.1) is 0 Å². The molecule has 3 aromatic carbocycles. The fourth-order valence-electron chi connectivity index (χ4n) is 4.29. The van der Waals surface area contributed by atoms with E-state index in [1.54, 1.807) is 6.07 Å². The van der Waals surface area contributed by atoms with Crippen molar-refractivity contribution in [3.8, 4) is 0 Å². The van der Waals surface area contributed by atoms with Gasteiger partial charge in [-0.25, -0.2) is 9.13 Å². The van der Waals surface area contributed by atoms with E-state index in [0.717, 1.165) is 73.1 Å². The smallest absolute Gasteiger partial charge is 0.243 e. The van der Waals surface area contributed by atoms with Gasteiger partial charge in [0.15, 0.2) is 0 Å². The summed E-state index contributed by atoms with van der Waals surface area (Å²) < 4.78 is 4.24. The number of aryl methyl sites for hydroxylation is 2. The van der Waals surface area contributed by atoms with Gasteiger partial charge in [-0.1, -0.05) is 6.58 Å². The first-order chi connectivity index (χ1) is 19.4. The minimum absolute atomic E-state index is 0.588. The number of rotatable bonds is 15. The first kappa shape index (κ1) is 28.2. The third-order valence-electron chi connectivity index (χ3n) is 6.62. The Morgan fingerprint density at radius 1 is 0.825 bits per heavy atom. The maximum absolute atomic E-state index is 6.29. The number of nitrogens with one attached hydrogen (secondary N) is 4. The van der Waals surface area contributed by atoms with Gasteiger partial charge >= 0.3 is 0 Å². The predicted molar refractivity (Wildman–Crippen MR) is 169 cm³/mol. The first-order valence-corrected chi connectivity index (χ1v) is 13.6. The molecule has 1 heterocycles. The standard InChI is InChI=1S/C31H42N9/c1-4-38(2)17-5-15-34-24-7-11-26(12-8-24)36-30-22-31(29(33)21-28(30)32)37-27-13-9-25(10-14-27)35-16-6-18-40-20-19-39(3)23-40/h4,7-14,19-23,34-37H,1,5-6,15-18,32-33H2,2-3H3/q+1. The molecule has 0 radical (unpaired) electrons. The van der Waals surface area contributed by atoms with E-state index < -0.39 is 0 Å². The van der Waals surface area contributed by atoms with Gasteiger partial charge < -0.3 is 37.6 Å². The van der Waals surface area contributed by atoms with Crippen LogP contribution < -0.4 is 37.3 Å². The van der Waals surface area contributed by atoms with Gasteiger partial charge in [-0.05, 0) is 73.3 Å². The second-order valence-corrected chi connectivity index (χ2v) is 9.97. The number of nitrogen functional groups attached to an aromatic ring is 2. The number of nitrogens with two attached hydrogens (primary N) is 2. The Morgan fingerprint density at radius 2 is 1.35 bits per heavy atom. The van der Waals surface area contributed by atoms with Crippen LogP contribution in [0.5, 0.6) is 0 Å². The topological polar surface area (TPSA) is 112 Å². The fraction of sp³-hybridized carbons (Fsp3) is 0.258. The lowest BCUT2D eigenvalue weighted by molar-refractivity contribution is -0.671. The Bertz CT molecular complexity index is 1360. The average Bonchev–Trinajstić information content (AvgIpc) is 3.38. The summed E-state index contributed by atoms with van der Waals surface area (Å²) in [7, 11) is 4.06. The molecular weight excluding hydrogens is 498 g/mol. The van der Waals surface area contributed by atoms with Gasteiger partial charge in [0, 0.05) is 55.9 Å². The lowest BCUT2D eigenvalue weighted by Gasteiger charge is -2.16. The van der Waals surface area contributed by atoms with E-state index in [1.807, 2.05) is 50.6 Å². The molecule has 0 aliphatic carbocycles. The molecule has 0 fully saturated rings. The maximum Gasteiger partial charge on any atom is 0.243 e. The third kappa shape index (κ3) is 8.36. The number of aromatic nitrogens is 2. The normalized spacial score (nSPS) is 10.7. The van der Waals surface area contributed by atoms with Crippen molar-refractivity contribution in [2.24, 2.45) is 7.05 Å². The van der Waals surface area contributed by atoms with Crippen molar-refractivity contribution in [3.63, 3.8) is 0 Å². The molecule has 8 N–H and O–H groups in total. The molecule has 1 aromatic heterocycles. The van der Waals surface area contributed by atoms with Crippen LogP contribution in [-0.4, -0.2) is 36.1 Å². The number of benzene rings is 3. The Balaban J connectivity index is 1.29. The Labute approximate surface area is 237 Å². The van der Waals surface area contributed by atoms with E-state index in [9.17, 15) is 0 Å². The van der Waals surface area contributed by atoms with Crippen molar-refractivity contribution in [1.82, 2.24) is 9.47 Å². The summed E-state index contributed by atoms with van der Waals surface area (Å²) in [5, 5.41) is 13.8. The highest BCUT2D eigenvalue weighted by Crippen LogP contribution is 2.33. The zero-order valence-electron chi connectivity index (χ0n) is 23.5. The van der Waals surface area contributed by atoms with E-state index in [-0.39, 0.29) is 0 Å². The van der Waals surface area contributed by atoms with Crippen LogP contribution in [-0.2, 0) is 13.6 Å². The molecule has 40 heavy (non-hydrogen) atoms. The van der Waals surface area contributed by atoms with Gasteiger partial charge in [-0.2, -0.15) is 0 Å². The Kier molecular flexibility index (Phi) is 9.77. The Morgan fingerprint density at radius 3 is 1.85 bits per heavy atom. The highest BCUT2D eigenvalue weighted by atomic mass is 15.1. The Hall–Kier alpha value is -4.79. The lowest BCUT2D eigenvalue weighted by Crippen LogP contribution is -2.23. The molecule has 4 aromatic rings. The summed E-state index contributed by atoms with van der Waals surface area (Å²) in [6.45, 7) is 7.53. The summed E-state index contributed by atoms with van der Waals surface area (Å²) in [4.78, 5) is 2.08. The van der Waals surface area contributed by atoms with Crippen LogP contribution >= 0.6 is 0 Å². The minimum Gasteiger partial charge on any atom is -0.397 e. The van der Waals surface area contributed by atoms with Crippen molar-refractivity contribution in [2.45, 2.75) is 19.4 Å². The van der Waals surface area contributed by atoms with Gasteiger partial charge in [0.05, 0.1) is 36.3 Å². The number of imidazole rings is 1. The zero-order valence-corrected chi connectivity index (χ0v) is 23.5. The molecule has 0 saturated heterocycles. The molecule has 4 rings (SSSR count). The molecule has 0 bridgehead atoms. The average molecular weight is 541 g/mol. The molecule has 9 heteroatoms. The lowest BCUT2D eigenvalue weighted by atomic mass is 10.1. The van der Waals surface area contributed by atoms with E-state index in [0.29, 0.717) is 11.4 Å². The predicted octanol–water partition coefficient (Wildman–Crippen LogP) is 5.34. The van der Waals surface area contributed by atoms with Crippen LogP contribution in [0.2, 0.25) is 0 Å². The van der Waals surface area contributed by atoms with Gasteiger partial charge in [0.2, 0.25) is 6.33 Å². The number of hydrogen-bond donors (Lipinski definition) is 6. The molecule has 0 atom stereocenters. The van der Waals surface area contributed by atoms with Crippen molar-refractivity contribution in [3.05, 3.63) is 92.2 Å². The molecule has 210 valence electrons. The first-order valence-electron chi connectivity index (χ1n) is 13.6. The highest BCUT2D eigenvalue weighted by Gasteiger charge is 2.08. The van der Waals surface area contributed by atoms with Gasteiger partial charge in [-0.3, -0.25) is 0 Å². The van der Waals surface area contributed by atoms with Gasteiger partial charge in [0.1, 0.15) is 12.4 Å². The molecule has 9 nitrogen and oxygen atoms in total. The summed E-state index contributed by atoms with van der Waals surface area (Å²) >= 11 is 0. The molecule has 0 amide bonds. The van der Waals surface area contributed by atoms with Crippen molar-refractivity contribution < 1.29 is 4.57 Å². The van der Waals surface area contributed by atoms with Crippen molar-refractivity contribution in [1.29, 1.82) is 0 Å². The molecule has 0 aliphatic heterocycles. The monoisotopic (exact) mass is 540 g/mol. The summed E-state index contributed by atoms with van der Waals surface area (Å²) in [5.74, 6) is 0. The summed E-state index contributed by atoms with van der Waals surface area (Å²) in [6.07, 6.45) is 10.1. The van der Waals surface area contributed by atoms with Crippen LogP contribution in [0.25, 0.3) is 0 Å². The molecule has 0 saturated carbocycles. The van der Waals surface area contributed by atoms with Crippen molar-refractivity contribution >= 4 is 45.5 Å². The van der Waals surface area contributed by atoms with Gasteiger partial charge in [0.25, 0.3) is 0 Å². The quantitative estimate of drug-likeness (QED) is 0.0685. The highest BCUT2D eigenvalue weighted by molar-refractivity contribution is 5.86. The van der Waals surface area contributed by atoms with Crippen LogP contribution in [0.3, 0.4) is 0 Å². The van der Waals surface area contributed by atoms with Crippen LogP contribution in [0.1, 0.15) is 12.8 Å². The van der Waals surface area contributed by atoms with Crippen LogP contribution in [0.15, 0.2) is 92.2 Å². The van der Waals surface area contributed by atoms with E-state index >= 15 is 0 Å². The fourth-order valence-corrected chi connectivity index (χ4v) is 4.29. The van der Waals surface area contributed by atoms with Crippen LogP contribution in [0.4, 0.5) is 45.5 Å². The maximum atomic E-state index is 6.29. The van der Waals surface area contributed by atoms with Gasteiger partial charge in [-0.15, -0.1) is 0 Å². The molecular formula is C31H42N9+. The molecule has 0 aliphatic rings. The molecule has 0 spiro atoms. The number of hydrogen-bond acceptors (Lipinski definition) is 7. The summed E-state index contributed by atoms with van der Waals surface area (Å²) in [5.41, 5.74) is 19.4. The zero-order chi connectivity index (χ0) is 28.3. The third-order valence-corrected chi connectivity index (χ3v) is 6.62. The largest absolute Gasteiger partial charge is 0.397 e. The molecule has 0 unspecified atom stereocenters. The minimum atomic E-state index is 0.588. The summed E-state index contributed by atoms with van der Waals surface area (Å²) in [6, 6.07) is 20.1. The van der Waals surface area contributed by atoms with E-state index in [2.05, 4.69) is 84.9 Å². The second-order valence-electron chi connectivity index (χ2n) is 9.97. The van der Waals surface area contributed by atoms with E-state index in [4.69, 9.17) is 11.5 Å². The SMILES string of the molecule is C=CN(C)CCCNc1ccc(Nc2cc(Nc3ccc(NCCCn4cc[n+](C)c4)cc3)c(N)cc2N)cc1. The number of nitrogens with zero attached hydrogens (tertiary/aromatic N) is 3. The van der Waals surface area contributed by atoms with E-state index in [1.165, 1.54) is 0 Å². The second kappa shape index (κ2) is 13.8. The number of anilines is 8.